The zero-order valence-corrected chi connectivity index (χ0v) is 19.7. The number of carbonyl (C=O) groups excluding carboxylic acids is 1. The number of thiophene rings is 1. The van der Waals surface area contributed by atoms with Gasteiger partial charge in [0.1, 0.15) is 23.0 Å². The van der Waals surface area contributed by atoms with Gasteiger partial charge in [0, 0.05) is 35.7 Å². The van der Waals surface area contributed by atoms with Crippen molar-refractivity contribution in [1.29, 1.82) is 0 Å². The van der Waals surface area contributed by atoms with E-state index in [1.54, 1.807) is 12.4 Å². The Morgan fingerprint density at radius 2 is 2.00 bits per heavy atom. The number of amides is 1. The zero-order chi connectivity index (χ0) is 23.4. The summed E-state index contributed by atoms with van der Waals surface area (Å²) < 4.78 is 5.78. The summed E-state index contributed by atoms with van der Waals surface area (Å²) in [6.07, 6.45) is 4.13. The summed E-state index contributed by atoms with van der Waals surface area (Å²) in [7, 11) is 0. The molecule has 0 aliphatic rings. The van der Waals surface area contributed by atoms with E-state index in [1.165, 1.54) is 11.3 Å². The summed E-state index contributed by atoms with van der Waals surface area (Å²) in [5.41, 5.74) is 2.81. The monoisotopic (exact) mass is 462 g/mol. The second-order valence-electron chi connectivity index (χ2n) is 7.98. The maximum Gasteiger partial charge on any atom is 0.259 e. The summed E-state index contributed by atoms with van der Waals surface area (Å²) in [6, 6.07) is 11.4. The highest BCUT2D eigenvalue weighted by molar-refractivity contribution is 7.18. The molecule has 1 unspecified atom stereocenters. The van der Waals surface area contributed by atoms with Gasteiger partial charge in [-0.1, -0.05) is 18.2 Å². The number of hydrogen-bond donors (Lipinski definition) is 2. The lowest BCUT2D eigenvalue weighted by Gasteiger charge is -2.15. The first-order valence-corrected chi connectivity index (χ1v) is 11.6. The number of nitrogens with zero attached hydrogens (tertiary/aromatic N) is 2. The van der Waals surface area contributed by atoms with Crippen molar-refractivity contribution in [3.63, 3.8) is 0 Å². The van der Waals surface area contributed by atoms with Crippen LogP contribution in [0.1, 0.15) is 46.8 Å². The second-order valence-corrected chi connectivity index (χ2v) is 9.19. The molecule has 1 aromatic carbocycles. The summed E-state index contributed by atoms with van der Waals surface area (Å²) in [4.78, 5) is 38.1. The first-order chi connectivity index (χ1) is 15.9. The van der Waals surface area contributed by atoms with Gasteiger partial charge in [-0.25, -0.2) is 4.98 Å². The summed E-state index contributed by atoms with van der Waals surface area (Å²) in [6.45, 7) is 6.30. The smallest absolute Gasteiger partial charge is 0.259 e. The number of rotatable bonds is 8. The van der Waals surface area contributed by atoms with E-state index in [9.17, 15) is 9.59 Å². The molecule has 0 aliphatic carbocycles. The molecule has 1 amide bonds. The van der Waals surface area contributed by atoms with E-state index in [1.807, 2.05) is 57.2 Å². The van der Waals surface area contributed by atoms with Gasteiger partial charge in [0.25, 0.3) is 5.56 Å². The Balaban J connectivity index is 1.30. The molecule has 0 fully saturated rings. The average molecular weight is 463 g/mol. The minimum atomic E-state index is -0.151. The highest BCUT2D eigenvalue weighted by Gasteiger charge is 2.14. The Labute approximate surface area is 195 Å². The topological polar surface area (TPSA) is 97.0 Å². The van der Waals surface area contributed by atoms with Gasteiger partial charge >= 0.3 is 0 Å². The fourth-order valence-electron chi connectivity index (χ4n) is 3.55. The Kier molecular flexibility index (Phi) is 6.84. The molecule has 4 rings (SSSR count). The molecule has 0 radical (unpaired) electrons. The molecule has 0 bridgehead atoms. The number of benzene rings is 1. The number of nitrogens with one attached hydrogen (secondary N) is 2. The van der Waals surface area contributed by atoms with Crippen LogP contribution in [-0.4, -0.2) is 20.9 Å². The van der Waals surface area contributed by atoms with Gasteiger partial charge in [-0.3, -0.25) is 14.6 Å². The molecule has 3 aromatic heterocycles. The molecule has 33 heavy (non-hydrogen) atoms. The number of aromatic amines is 1. The number of pyridine rings is 1. The van der Waals surface area contributed by atoms with Gasteiger partial charge in [0.05, 0.1) is 11.4 Å². The van der Waals surface area contributed by atoms with E-state index in [0.29, 0.717) is 24.2 Å². The van der Waals surface area contributed by atoms with Crippen molar-refractivity contribution < 1.29 is 9.53 Å². The highest BCUT2D eigenvalue weighted by Crippen LogP contribution is 2.25. The van der Waals surface area contributed by atoms with Crippen LogP contribution >= 0.6 is 11.3 Å². The molecule has 0 aliphatic heterocycles. The lowest BCUT2D eigenvalue weighted by Crippen LogP contribution is -2.27. The van der Waals surface area contributed by atoms with E-state index in [0.717, 1.165) is 32.1 Å². The third kappa shape index (κ3) is 5.46. The molecule has 7 nitrogen and oxygen atoms in total. The number of fused-ring (bicyclic) bond motifs is 1. The number of hydrogen-bond acceptors (Lipinski definition) is 6. The van der Waals surface area contributed by atoms with E-state index in [4.69, 9.17) is 4.74 Å². The van der Waals surface area contributed by atoms with E-state index < -0.39 is 0 Å². The maximum absolute atomic E-state index is 12.5. The SMILES string of the molecule is Cc1sc2nc(CCC(=O)NC(C)c3ccc(OCc4cccnc4)cc3)[nH]c(=O)c2c1C. The lowest BCUT2D eigenvalue weighted by molar-refractivity contribution is -0.121. The van der Waals surface area contributed by atoms with Crippen LogP contribution in [0.25, 0.3) is 10.2 Å². The predicted molar refractivity (Wildman–Crippen MR) is 130 cm³/mol. The average Bonchev–Trinajstić information content (AvgIpc) is 3.11. The number of carbonyl (C=O) groups is 1. The van der Waals surface area contributed by atoms with Crippen molar-refractivity contribution >= 4 is 27.5 Å². The summed E-state index contributed by atoms with van der Waals surface area (Å²) in [5.74, 6) is 1.19. The van der Waals surface area contributed by atoms with Crippen LogP contribution in [0.2, 0.25) is 0 Å². The van der Waals surface area contributed by atoms with Crippen molar-refractivity contribution in [1.82, 2.24) is 20.3 Å². The molecular formula is C25H26N4O3S. The van der Waals surface area contributed by atoms with Crippen LogP contribution in [0.5, 0.6) is 5.75 Å². The molecule has 0 saturated carbocycles. The van der Waals surface area contributed by atoms with E-state index >= 15 is 0 Å². The Bertz CT molecular complexity index is 1310. The number of H-pyrrole nitrogens is 1. The minimum Gasteiger partial charge on any atom is -0.489 e. The maximum atomic E-state index is 12.5. The summed E-state index contributed by atoms with van der Waals surface area (Å²) in [5, 5.41) is 3.65. The van der Waals surface area contributed by atoms with Crippen molar-refractivity contribution in [2.24, 2.45) is 0 Å². The van der Waals surface area contributed by atoms with Gasteiger partial charge in [0.2, 0.25) is 5.91 Å². The first kappa shape index (κ1) is 22.7. The molecule has 3 heterocycles. The standard InChI is InChI=1S/C25H26N4O3S/c1-15-17(3)33-25-23(15)24(31)28-21(29-25)10-11-22(30)27-16(2)19-6-8-20(9-7-19)32-14-18-5-4-12-26-13-18/h4-9,12-13,16H,10-11,14H2,1-3H3,(H,27,30)(H,28,29,31). The first-order valence-electron chi connectivity index (χ1n) is 10.8. The molecule has 170 valence electrons. The molecule has 8 heteroatoms. The Morgan fingerprint density at radius 3 is 2.73 bits per heavy atom. The molecule has 0 spiro atoms. The van der Waals surface area contributed by atoms with Crippen LogP contribution in [0.15, 0.2) is 53.6 Å². The Morgan fingerprint density at radius 1 is 1.21 bits per heavy atom. The normalized spacial score (nSPS) is 12.0. The van der Waals surface area contributed by atoms with Crippen molar-refractivity contribution in [2.75, 3.05) is 0 Å². The van der Waals surface area contributed by atoms with E-state index in [2.05, 4.69) is 20.3 Å². The van der Waals surface area contributed by atoms with Gasteiger partial charge in [-0.2, -0.15) is 0 Å². The van der Waals surface area contributed by atoms with Gasteiger partial charge in [0.15, 0.2) is 0 Å². The molecule has 4 aromatic rings. The van der Waals surface area contributed by atoms with Crippen LogP contribution < -0.4 is 15.6 Å². The molecular weight excluding hydrogens is 436 g/mol. The third-order valence-corrected chi connectivity index (χ3v) is 6.66. The second kappa shape index (κ2) is 9.95. The van der Waals surface area contributed by atoms with Crippen LogP contribution in [-0.2, 0) is 17.8 Å². The Hall–Kier alpha value is -3.52. The van der Waals surface area contributed by atoms with Gasteiger partial charge in [-0.15, -0.1) is 11.3 Å². The quantitative estimate of drug-likeness (QED) is 0.405. The zero-order valence-electron chi connectivity index (χ0n) is 18.8. The van der Waals surface area contributed by atoms with E-state index in [-0.39, 0.29) is 23.9 Å². The molecule has 2 N–H and O–H groups in total. The van der Waals surface area contributed by atoms with Crippen molar-refractivity contribution in [3.8, 4) is 5.75 Å². The third-order valence-electron chi connectivity index (χ3n) is 5.56. The largest absolute Gasteiger partial charge is 0.489 e. The van der Waals surface area contributed by atoms with Crippen LogP contribution in [0, 0.1) is 13.8 Å². The predicted octanol–water partition coefficient (Wildman–Crippen LogP) is 4.39. The van der Waals surface area contributed by atoms with Crippen molar-refractivity contribution in [2.45, 2.75) is 46.3 Å². The van der Waals surface area contributed by atoms with Crippen LogP contribution in [0.3, 0.4) is 0 Å². The number of aryl methyl sites for hydroxylation is 3. The number of ether oxygens (including phenoxy) is 1. The fourth-order valence-corrected chi connectivity index (χ4v) is 4.60. The lowest BCUT2D eigenvalue weighted by atomic mass is 10.1. The van der Waals surface area contributed by atoms with Gasteiger partial charge in [-0.05, 0) is 50.1 Å². The van der Waals surface area contributed by atoms with Gasteiger partial charge < -0.3 is 15.0 Å². The van der Waals surface area contributed by atoms with Crippen LogP contribution in [0.4, 0.5) is 0 Å². The minimum absolute atomic E-state index is 0.0966. The summed E-state index contributed by atoms with van der Waals surface area (Å²) >= 11 is 1.51. The number of aromatic nitrogens is 3. The fraction of sp³-hybridized carbons (Fsp3) is 0.280. The molecule has 0 saturated heterocycles. The van der Waals surface area contributed by atoms with Crippen molar-refractivity contribution in [3.05, 3.63) is 86.5 Å². The highest BCUT2D eigenvalue weighted by atomic mass is 32.1. The molecule has 1 atom stereocenters.